The highest BCUT2D eigenvalue weighted by Crippen LogP contribution is 2.32. The van der Waals surface area contributed by atoms with Crippen LogP contribution in [0.5, 0.6) is 0 Å². The van der Waals surface area contributed by atoms with E-state index in [0.29, 0.717) is 24.5 Å². The van der Waals surface area contributed by atoms with Gasteiger partial charge in [0.1, 0.15) is 0 Å². The Kier molecular flexibility index (Phi) is 6.41. The fourth-order valence-corrected chi connectivity index (χ4v) is 4.22. The summed E-state index contributed by atoms with van der Waals surface area (Å²) in [7, 11) is 0.576. The summed E-state index contributed by atoms with van der Waals surface area (Å²) in [6.07, 6.45) is 0.821. The van der Waals surface area contributed by atoms with E-state index in [1.807, 2.05) is 33.2 Å². The van der Waals surface area contributed by atoms with E-state index in [9.17, 15) is 8.42 Å². The van der Waals surface area contributed by atoms with E-state index in [2.05, 4.69) is 4.90 Å². The first-order chi connectivity index (χ1) is 9.77. The van der Waals surface area contributed by atoms with Crippen LogP contribution in [-0.4, -0.2) is 51.4 Å². The molecule has 1 atom stereocenters. The lowest BCUT2D eigenvalue weighted by Crippen LogP contribution is -2.34. The van der Waals surface area contributed by atoms with Crippen molar-refractivity contribution in [3.63, 3.8) is 0 Å². The molecule has 126 valence electrons. The van der Waals surface area contributed by atoms with E-state index in [0.717, 1.165) is 18.5 Å². The lowest BCUT2D eigenvalue weighted by atomic mass is 9.90. The quantitative estimate of drug-likeness (QED) is 0.877. The van der Waals surface area contributed by atoms with E-state index >= 15 is 0 Å². The number of hydrogen-bond acceptors (Lipinski definition) is 4. The maximum atomic E-state index is 12.6. The molecule has 1 aromatic rings. The Balaban J connectivity index is 0.00000242. The zero-order chi connectivity index (χ0) is 15.7. The first-order valence-corrected chi connectivity index (χ1v) is 8.65. The van der Waals surface area contributed by atoms with Gasteiger partial charge in [-0.1, -0.05) is 19.1 Å². The summed E-state index contributed by atoms with van der Waals surface area (Å²) in [6, 6.07) is 7.16. The molecule has 7 heteroatoms. The topological polar surface area (TPSA) is 66.6 Å². The summed E-state index contributed by atoms with van der Waals surface area (Å²) < 4.78 is 26.8. The molecule has 0 spiro atoms. The molecule has 1 aliphatic heterocycles. The second kappa shape index (κ2) is 7.27. The van der Waals surface area contributed by atoms with Gasteiger partial charge in [0, 0.05) is 19.6 Å². The predicted octanol–water partition coefficient (Wildman–Crippen LogP) is 1.53. The number of benzene rings is 1. The van der Waals surface area contributed by atoms with E-state index in [1.165, 1.54) is 0 Å². The zero-order valence-electron chi connectivity index (χ0n) is 13.4. The first-order valence-electron chi connectivity index (χ1n) is 7.21. The summed E-state index contributed by atoms with van der Waals surface area (Å²) >= 11 is 0. The average Bonchev–Trinajstić information content (AvgIpc) is 2.83. The van der Waals surface area contributed by atoms with Gasteiger partial charge in [0.25, 0.3) is 0 Å². The van der Waals surface area contributed by atoms with Crippen LogP contribution in [0.3, 0.4) is 0 Å². The molecule has 0 amide bonds. The van der Waals surface area contributed by atoms with Crippen molar-refractivity contribution in [2.45, 2.75) is 24.8 Å². The molecule has 5 nitrogen and oxygen atoms in total. The van der Waals surface area contributed by atoms with Crippen molar-refractivity contribution >= 4 is 22.4 Å². The highest BCUT2D eigenvalue weighted by molar-refractivity contribution is 7.89. The fourth-order valence-electron chi connectivity index (χ4n) is 2.63. The predicted molar refractivity (Wildman–Crippen MR) is 91.6 cm³/mol. The third-order valence-electron chi connectivity index (χ3n) is 4.08. The van der Waals surface area contributed by atoms with E-state index in [1.54, 1.807) is 16.4 Å². The number of halogens is 1. The number of rotatable bonds is 5. The Labute approximate surface area is 139 Å². The number of hydrogen-bond donors (Lipinski definition) is 1. The molecule has 0 aromatic heterocycles. The van der Waals surface area contributed by atoms with Crippen LogP contribution < -0.4 is 5.73 Å². The van der Waals surface area contributed by atoms with Gasteiger partial charge in [0.05, 0.1) is 4.90 Å². The Bertz CT molecular complexity index is 589. The Morgan fingerprint density at radius 1 is 1.27 bits per heavy atom. The monoisotopic (exact) mass is 347 g/mol. The van der Waals surface area contributed by atoms with Crippen molar-refractivity contribution in [1.29, 1.82) is 0 Å². The van der Waals surface area contributed by atoms with Gasteiger partial charge in [-0.15, -0.1) is 12.4 Å². The van der Waals surface area contributed by atoms with Crippen LogP contribution >= 0.6 is 12.4 Å². The SMILES string of the molecule is CN(C)Cc1ccc(S(=O)(=O)N2CCC(C)(CN)C2)cc1.Cl. The summed E-state index contributed by atoms with van der Waals surface area (Å²) in [5.41, 5.74) is 6.76. The number of sulfonamides is 1. The van der Waals surface area contributed by atoms with Crippen LogP contribution in [-0.2, 0) is 16.6 Å². The summed E-state index contributed by atoms with van der Waals surface area (Å²) in [4.78, 5) is 2.42. The van der Waals surface area contributed by atoms with Crippen LogP contribution in [0, 0.1) is 5.41 Å². The van der Waals surface area contributed by atoms with Gasteiger partial charge < -0.3 is 10.6 Å². The van der Waals surface area contributed by atoms with Crippen molar-refractivity contribution in [3.8, 4) is 0 Å². The lowest BCUT2D eigenvalue weighted by Gasteiger charge is -2.22. The minimum Gasteiger partial charge on any atom is -0.330 e. The molecule has 0 aliphatic carbocycles. The summed E-state index contributed by atoms with van der Waals surface area (Å²) in [5, 5.41) is 0. The average molecular weight is 348 g/mol. The minimum absolute atomic E-state index is 0. The normalized spacial score (nSPS) is 22.8. The van der Waals surface area contributed by atoms with Gasteiger partial charge in [-0.2, -0.15) is 4.31 Å². The molecule has 1 fully saturated rings. The van der Waals surface area contributed by atoms with Crippen molar-refractivity contribution < 1.29 is 8.42 Å². The molecular formula is C15H26ClN3O2S. The fraction of sp³-hybridized carbons (Fsp3) is 0.600. The molecule has 22 heavy (non-hydrogen) atoms. The van der Waals surface area contributed by atoms with Gasteiger partial charge in [-0.25, -0.2) is 8.42 Å². The first kappa shape index (κ1) is 19.4. The van der Waals surface area contributed by atoms with Gasteiger partial charge in [-0.05, 0) is 50.2 Å². The molecule has 1 unspecified atom stereocenters. The Hall–Kier alpha value is -0.660. The van der Waals surface area contributed by atoms with Crippen LogP contribution in [0.15, 0.2) is 29.2 Å². The van der Waals surface area contributed by atoms with Crippen LogP contribution in [0.1, 0.15) is 18.9 Å². The van der Waals surface area contributed by atoms with Gasteiger partial charge in [-0.3, -0.25) is 0 Å². The zero-order valence-corrected chi connectivity index (χ0v) is 15.1. The molecular weight excluding hydrogens is 322 g/mol. The second-order valence-corrected chi connectivity index (χ2v) is 8.42. The molecule has 0 bridgehead atoms. The summed E-state index contributed by atoms with van der Waals surface area (Å²) in [6.45, 7) is 4.42. The minimum atomic E-state index is -3.40. The number of nitrogens with zero attached hydrogens (tertiary/aromatic N) is 2. The number of nitrogens with two attached hydrogens (primary N) is 1. The smallest absolute Gasteiger partial charge is 0.243 e. The van der Waals surface area contributed by atoms with E-state index < -0.39 is 10.0 Å². The second-order valence-electron chi connectivity index (χ2n) is 6.49. The Morgan fingerprint density at radius 2 is 1.86 bits per heavy atom. The molecule has 0 saturated carbocycles. The van der Waals surface area contributed by atoms with Crippen LogP contribution in [0.2, 0.25) is 0 Å². The third-order valence-corrected chi connectivity index (χ3v) is 5.93. The molecule has 0 radical (unpaired) electrons. The van der Waals surface area contributed by atoms with E-state index in [-0.39, 0.29) is 17.8 Å². The lowest BCUT2D eigenvalue weighted by molar-refractivity contribution is 0.349. The standard InChI is InChI=1S/C15H25N3O2S.ClH/c1-15(11-16)8-9-18(12-15)21(19,20)14-6-4-13(5-7-14)10-17(2)3;/h4-7H,8-12,16H2,1-3H3;1H. The molecule has 2 rings (SSSR count). The van der Waals surface area contributed by atoms with E-state index in [4.69, 9.17) is 5.73 Å². The van der Waals surface area contributed by atoms with Crippen molar-refractivity contribution in [1.82, 2.24) is 9.21 Å². The van der Waals surface area contributed by atoms with Crippen LogP contribution in [0.4, 0.5) is 0 Å². The molecule has 1 aliphatic rings. The highest BCUT2D eigenvalue weighted by Gasteiger charge is 2.38. The maximum Gasteiger partial charge on any atom is 0.243 e. The maximum absolute atomic E-state index is 12.6. The Morgan fingerprint density at radius 3 is 2.32 bits per heavy atom. The van der Waals surface area contributed by atoms with Crippen molar-refractivity contribution in [2.75, 3.05) is 33.7 Å². The van der Waals surface area contributed by atoms with Gasteiger partial charge >= 0.3 is 0 Å². The van der Waals surface area contributed by atoms with Crippen LogP contribution in [0.25, 0.3) is 0 Å². The van der Waals surface area contributed by atoms with Crippen molar-refractivity contribution in [2.24, 2.45) is 11.1 Å². The molecule has 2 N–H and O–H groups in total. The summed E-state index contributed by atoms with van der Waals surface area (Å²) in [5.74, 6) is 0. The third kappa shape index (κ3) is 4.20. The van der Waals surface area contributed by atoms with Crippen molar-refractivity contribution in [3.05, 3.63) is 29.8 Å². The molecule has 1 heterocycles. The molecule has 1 aromatic carbocycles. The van der Waals surface area contributed by atoms with Gasteiger partial charge in [0.15, 0.2) is 0 Å². The molecule has 1 saturated heterocycles. The van der Waals surface area contributed by atoms with Gasteiger partial charge in [0.2, 0.25) is 10.0 Å². The highest BCUT2D eigenvalue weighted by atomic mass is 35.5. The largest absolute Gasteiger partial charge is 0.330 e.